The predicted molar refractivity (Wildman–Crippen MR) is 62.7 cm³/mol. The number of alkyl halides is 1. The van der Waals surface area contributed by atoms with Gasteiger partial charge in [0.2, 0.25) is 0 Å². The number of rotatable bonds is 3. The Balaban J connectivity index is 2.41. The van der Waals surface area contributed by atoms with Crippen LogP contribution < -0.4 is 10.9 Å². The molecule has 15 heavy (non-hydrogen) atoms. The number of halogens is 1. The Bertz CT molecular complexity index is 519. The molecule has 0 saturated heterocycles. The van der Waals surface area contributed by atoms with Gasteiger partial charge in [-0.3, -0.25) is 15.2 Å². The number of H-pyrrole nitrogens is 1. The largest absolute Gasteiger partial charge is 0.369 e. The quantitative estimate of drug-likeness (QED) is 0.317. The molecule has 3 N–H and O–H groups in total. The monoisotopic (exact) mass is 320 g/mol. The Kier molecular flexibility index (Phi) is 3.03. The second kappa shape index (κ2) is 4.29. The Morgan fingerprint density at radius 3 is 3.27 bits per heavy atom. The molecule has 2 heterocycles. The molecule has 1 unspecified atom stereocenters. The molecule has 80 valence electrons. The van der Waals surface area contributed by atoms with Gasteiger partial charge in [-0.05, 0) is 28.7 Å². The zero-order chi connectivity index (χ0) is 10.8. The van der Waals surface area contributed by atoms with Gasteiger partial charge in [-0.2, -0.15) is 0 Å². The minimum Gasteiger partial charge on any atom is -0.369 e. The number of aromatic nitrogens is 3. The van der Waals surface area contributed by atoms with Crippen LogP contribution in [0.1, 0.15) is 5.56 Å². The van der Waals surface area contributed by atoms with E-state index >= 15 is 0 Å². The third-order valence-electron chi connectivity index (χ3n) is 1.96. The van der Waals surface area contributed by atoms with E-state index < -0.39 is 4.23 Å². The number of fused-ring (bicyclic) bond motifs is 1. The van der Waals surface area contributed by atoms with E-state index in [1.54, 1.807) is 23.0 Å². The molecule has 0 aliphatic carbocycles. The van der Waals surface area contributed by atoms with E-state index in [-0.39, 0.29) is 12.1 Å². The number of aromatic amines is 1. The number of nitrogens with zero attached hydrogens (tertiary/aromatic N) is 2. The molecule has 0 amide bonds. The SMILES string of the molecule is O=c1[nH]n2cccnc2c1CNC(O)I. The highest BCUT2D eigenvalue weighted by Gasteiger charge is 2.09. The molecular weight excluding hydrogens is 311 g/mol. The van der Waals surface area contributed by atoms with Crippen molar-refractivity contribution in [1.29, 1.82) is 0 Å². The van der Waals surface area contributed by atoms with E-state index in [2.05, 4.69) is 15.4 Å². The van der Waals surface area contributed by atoms with Crippen LogP contribution in [0, 0.1) is 0 Å². The first kappa shape index (κ1) is 10.6. The summed E-state index contributed by atoms with van der Waals surface area (Å²) in [6.07, 6.45) is 3.33. The van der Waals surface area contributed by atoms with Crippen LogP contribution in [0.3, 0.4) is 0 Å². The molecule has 0 fully saturated rings. The van der Waals surface area contributed by atoms with E-state index in [0.29, 0.717) is 11.2 Å². The van der Waals surface area contributed by atoms with Crippen molar-refractivity contribution in [2.75, 3.05) is 0 Å². The van der Waals surface area contributed by atoms with Crippen LogP contribution in [0.15, 0.2) is 23.3 Å². The lowest BCUT2D eigenvalue weighted by atomic mass is 10.3. The summed E-state index contributed by atoms with van der Waals surface area (Å²) in [5, 5.41) is 14.4. The zero-order valence-electron chi connectivity index (χ0n) is 7.64. The highest BCUT2D eigenvalue weighted by Crippen LogP contribution is 2.02. The topological polar surface area (TPSA) is 82.4 Å². The fourth-order valence-corrected chi connectivity index (χ4v) is 1.53. The van der Waals surface area contributed by atoms with E-state index in [9.17, 15) is 4.79 Å². The first-order valence-corrected chi connectivity index (χ1v) is 5.53. The minimum absolute atomic E-state index is 0.196. The number of hydrogen-bond acceptors (Lipinski definition) is 4. The molecule has 0 aliphatic heterocycles. The van der Waals surface area contributed by atoms with Crippen LogP contribution in [0.25, 0.3) is 5.65 Å². The van der Waals surface area contributed by atoms with Crippen molar-refractivity contribution < 1.29 is 5.11 Å². The van der Waals surface area contributed by atoms with Crippen molar-refractivity contribution in [2.45, 2.75) is 10.8 Å². The summed E-state index contributed by atoms with van der Waals surface area (Å²) in [5.74, 6) is 0. The Morgan fingerprint density at radius 2 is 2.53 bits per heavy atom. The maximum absolute atomic E-state index is 11.5. The van der Waals surface area contributed by atoms with Crippen LogP contribution in [0.5, 0.6) is 0 Å². The van der Waals surface area contributed by atoms with Crippen molar-refractivity contribution in [3.8, 4) is 0 Å². The highest BCUT2D eigenvalue weighted by molar-refractivity contribution is 14.1. The van der Waals surface area contributed by atoms with Crippen molar-refractivity contribution in [3.63, 3.8) is 0 Å². The minimum atomic E-state index is -0.680. The van der Waals surface area contributed by atoms with Crippen LogP contribution >= 0.6 is 22.6 Å². The maximum atomic E-state index is 11.5. The maximum Gasteiger partial charge on any atom is 0.271 e. The lowest BCUT2D eigenvalue weighted by Gasteiger charge is -2.02. The van der Waals surface area contributed by atoms with E-state index in [1.165, 1.54) is 0 Å². The van der Waals surface area contributed by atoms with Crippen LogP contribution in [0.2, 0.25) is 0 Å². The molecule has 0 aromatic carbocycles. The Hall–Kier alpha value is -0.930. The average molecular weight is 320 g/mol. The second-order valence-electron chi connectivity index (χ2n) is 2.95. The summed E-state index contributed by atoms with van der Waals surface area (Å²) < 4.78 is 0.875. The molecule has 2 rings (SSSR count). The zero-order valence-corrected chi connectivity index (χ0v) is 9.80. The molecule has 0 spiro atoms. The third-order valence-corrected chi connectivity index (χ3v) is 2.40. The van der Waals surface area contributed by atoms with Crippen molar-refractivity contribution >= 4 is 28.2 Å². The predicted octanol–water partition coefficient (Wildman–Crippen LogP) is -0.177. The molecule has 0 radical (unpaired) electrons. The van der Waals surface area contributed by atoms with Gasteiger partial charge in [0.15, 0.2) is 9.88 Å². The molecule has 0 aliphatic rings. The van der Waals surface area contributed by atoms with Gasteiger partial charge in [-0.1, -0.05) is 0 Å². The van der Waals surface area contributed by atoms with Gasteiger partial charge in [-0.15, -0.1) is 0 Å². The molecule has 0 saturated carbocycles. The van der Waals surface area contributed by atoms with Gasteiger partial charge >= 0.3 is 0 Å². The van der Waals surface area contributed by atoms with Gasteiger partial charge < -0.3 is 5.11 Å². The van der Waals surface area contributed by atoms with E-state index in [4.69, 9.17) is 5.11 Å². The van der Waals surface area contributed by atoms with Gasteiger partial charge in [0.25, 0.3) is 5.56 Å². The second-order valence-corrected chi connectivity index (χ2v) is 4.13. The highest BCUT2D eigenvalue weighted by atomic mass is 127. The lowest BCUT2D eigenvalue weighted by molar-refractivity contribution is 0.239. The van der Waals surface area contributed by atoms with Gasteiger partial charge in [0.1, 0.15) is 0 Å². The van der Waals surface area contributed by atoms with Gasteiger partial charge in [0.05, 0.1) is 5.56 Å². The van der Waals surface area contributed by atoms with Gasteiger partial charge in [0, 0.05) is 18.9 Å². The molecule has 2 aromatic heterocycles. The average Bonchev–Trinajstić information content (AvgIpc) is 2.50. The third kappa shape index (κ3) is 2.19. The Morgan fingerprint density at radius 1 is 1.73 bits per heavy atom. The van der Waals surface area contributed by atoms with Crippen LogP contribution in [-0.4, -0.2) is 23.9 Å². The summed E-state index contributed by atoms with van der Waals surface area (Å²) in [6.45, 7) is 0.285. The van der Waals surface area contributed by atoms with Crippen molar-refractivity contribution in [2.24, 2.45) is 0 Å². The number of aliphatic hydroxyl groups is 1. The van der Waals surface area contributed by atoms with Crippen LogP contribution in [-0.2, 0) is 6.54 Å². The molecule has 0 bridgehead atoms. The van der Waals surface area contributed by atoms with Gasteiger partial charge in [-0.25, -0.2) is 9.50 Å². The number of aliphatic hydroxyl groups excluding tert-OH is 1. The fourth-order valence-electron chi connectivity index (χ4n) is 1.31. The first-order chi connectivity index (χ1) is 7.18. The summed E-state index contributed by atoms with van der Waals surface area (Å²) in [6, 6.07) is 1.73. The molecule has 7 heteroatoms. The van der Waals surface area contributed by atoms with Crippen molar-refractivity contribution in [3.05, 3.63) is 34.4 Å². The number of nitrogens with one attached hydrogen (secondary N) is 2. The van der Waals surface area contributed by atoms with Crippen LogP contribution in [0.4, 0.5) is 0 Å². The molecular formula is C8H9IN4O2. The smallest absolute Gasteiger partial charge is 0.271 e. The molecule has 1 atom stereocenters. The summed E-state index contributed by atoms with van der Waals surface area (Å²) in [7, 11) is 0. The Labute approximate surface area is 98.5 Å². The molecule has 6 nitrogen and oxygen atoms in total. The normalized spacial score (nSPS) is 13.2. The summed E-state index contributed by atoms with van der Waals surface area (Å²) >= 11 is 1.81. The van der Waals surface area contributed by atoms with E-state index in [0.717, 1.165) is 0 Å². The van der Waals surface area contributed by atoms with Crippen molar-refractivity contribution in [1.82, 2.24) is 19.9 Å². The number of hydrogen-bond donors (Lipinski definition) is 3. The fraction of sp³-hybridized carbons (Fsp3) is 0.250. The first-order valence-electron chi connectivity index (χ1n) is 4.28. The summed E-state index contributed by atoms with van der Waals surface area (Å²) in [5.41, 5.74) is 0.900. The van der Waals surface area contributed by atoms with E-state index in [1.807, 2.05) is 22.6 Å². The standard InChI is InChI=1S/C8H9IN4O2/c9-8(15)11-4-5-6-10-2-1-3-13(6)12-7(5)14/h1-3,8,11,15H,4H2,(H,12,14). The summed E-state index contributed by atoms with van der Waals surface area (Å²) in [4.78, 5) is 15.6. The molecule has 2 aromatic rings. The lowest BCUT2D eigenvalue weighted by Crippen LogP contribution is -2.24.